The number of hydrogen-bond donors (Lipinski definition) is 1. The molecule has 3 heteroatoms. The normalized spacial score (nSPS) is 25.0. The van der Waals surface area contributed by atoms with Gasteiger partial charge >= 0.3 is 0 Å². The number of ketones is 1. The van der Waals surface area contributed by atoms with Crippen LogP contribution in [0.5, 0.6) is 0 Å². The van der Waals surface area contributed by atoms with Crippen molar-refractivity contribution in [1.29, 1.82) is 0 Å². The van der Waals surface area contributed by atoms with Gasteiger partial charge in [0.25, 0.3) is 0 Å². The summed E-state index contributed by atoms with van der Waals surface area (Å²) in [6.07, 6.45) is 1.79. The third kappa shape index (κ3) is 1.59. The Morgan fingerprint density at radius 1 is 1.31 bits per heavy atom. The monoisotopic (exact) mass is 221 g/mol. The number of nitrogens with one attached hydrogen (secondary N) is 1. The number of aromatic nitrogens is 1. The van der Waals surface area contributed by atoms with Gasteiger partial charge < -0.3 is 9.72 Å². The summed E-state index contributed by atoms with van der Waals surface area (Å²) in [7, 11) is 0. The van der Waals surface area contributed by atoms with E-state index in [1.165, 1.54) is 5.56 Å². The molecular weight excluding hydrogens is 202 g/mol. The van der Waals surface area contributed by atoms with Crippen LogP contribution in [0.1, 0.15) is 47.1 Å². The van der Waals surface area contributed by atoms with Gasteiger partial charge in [-0.05, 0) is 51.7 Å². The number of H-pyrrole nitrogens is 1. The molecule has 1 aromatic rings. The zero-order valence-electron chi connectivity index (χ0n) is 10.4. The fourth-order valence-electron chi connectivity index (χ4n) is 2.29. The van der Waals surface area contributed by atoms with Gasteiger partial charge in [-0.3, -0.25) is 4.79 Å². The summed E-state index contributed by atoms with van der Waals surface area (Å²) in [5.74, 6) is 0.0960. The highest BCUT2D eigenvalue weighted by atomic mass is 16.5. The minimum Gasteiger partial charge on any atom is -0.367 e. The Morgan fingerprint density at radius 3 is 2.44 bits per heavy atom. The second-order valence-electron chi connectivity index (χ2n) is 4.89. The van der Waals surface area contributed by atoms with Gasteiger partial charge in [-0.1, -0.05) is 0 Å². The molecule has 0 saturated carbocycles. The van der Waals surface area contributed by atoms with Gasteiger partial charge in [0.05, 0.1) is 5.69 Å². The molecule has 2 rings (SSSR count). The molecule has 1 atom stereocenters. The maximum atomic E-state index is 12.4. The quantitative estimate of drug-likeness (QED) is 0.780. The largest absolute Gasteiger partial charge is 0.367 e. The third-order valence-corrected chi connectivity index (χ3v) is 3.74. The molecule has 0 radical (unpaired) electrons. The molecule has 3 nitrogen and oxygen atoms in total. The van der Waals surface area contributed by atoms with Gasteiger partial charge in [0, 0.05) is 12.3 Å². The molecule has 1 unspecified atom stereocenters. The lowest BCUT2D eigenvalue weighted by Crippen LogP contribution is -2.35. The highest BCUT2D eigenvalue weighted by Gasteiger charge is 2.39. The predicted molar refractivity (Wildman–Crippen MR) is 62.9 cm³/mol. The lowest BCUT2D eigenvalue weighted by molar-refractivity contribution is 0.0209. The van der Waals surface area contributed by atoms with Crippen LogP contribution in [0.25, 0.3) is 0 Å². The fourth-order valence-corrected chi connectivity index (χ4v) is 2.29. The van der Waals surface area contributed by atoms with E-state index < -0.39 is 5.60 Å². The molecule has 16 heavy (non-hydrogen) atoms. The van der Waals surface area contributed by atoms with E-state index in [2.05, 4.69) is 4.98 Å². The van der Waals surface area contributed by atoms with Crippen LogP contribution in [0.4, 0.5) is 0 Å². The molecule has 0 aliphatic carbocycles. The topological polar surface area (TPSA) is 42.1 Å². The predicted octanol–water partition coefficient (Wildman–Crippen LogP) is 2.69. The van der Waals surface area contributed by atoms with Crippen molar-refractivity contribution in [3.63, 3.8) is 0 Å². The SMILES string of the molecule is Cc1[nH]c(C(=O)C2(C)CCCO2)c(C)c1C. The van der Waals surface area contributed by atoms with E-state index in [1.54, 1.807) is 0 Å². The first-order chi connectivity index (χ1) is 7.46. The second kappa shape index (κ2) is 3.74. The first kappa shape index (κ1) is 11.4. The van der Waals surface area contributed by atoms with Crippen LogP contribution in [-0.2, 0) is 4.74 Å². The number of aryl methyl sites for hydroxylation is 1. The van der Waals surface area contributed by atoms with E-state index in [4.69, 9.17) is 4.74 Å². The Balaban J connectivity index is 2.37. The Hall–Kier alpha value is -1.09. The van der Waals surface area contributed by atoms with Gasteiger partial charge in [0.1, 0.15) is 5.60 Å². The smallest absolute Gasteiger partial charge is 0.210 e. The molecule has 88 valence electrons. The van der Waals surface area contributed by atoms with Crippen molar-refractivity contribution in [2.75, 3.05) is 6.61 Å². The maximum absolute atomic E-state index is 12.4. The van der Waals surface area contributed by atoms with Crippen molar-refractivity contribution in [1.82, 2.24) is 4.98 Å². The van der Waals surface area contributed by atoms with Crippen molar-refractivity contribution >= 4 is 5.78 Å². The summed E-state index contributed by atoms with van der Waals surface area (Å²) < 4.78 is 5.59. The fraction of sp³-hybridized carbons (Fsp3) is 0.615. The number of carbonyl (C=O) groups is 1. The summed E-state index contributed by atoms with van der Waals surface area (Å²) >= 11 is 0. The standard InChI is InChI=1S/C13H19NO2/c1-8-9(2)11(14-10(8)3)12(15)13(4)6-5-7-16-13/h14H,5-7H2,1-4H3. The number of hydrogen-bond acceptors (Lipinski definition) is 2. The molecule has 1 fully saturated rings. The van der Waals surface area contributed by atoms with E-state index in [0.29, 0.717) is 6.61 Å². The van der Waals surface area contributed by atoms with Gasteiger partial charge in [0.2, 0.25) is 5.78 Å². The summed E-state index contributed by atoms with van der Waals surface area (Å²) in [5, 5.41) is 0. The van der Waals surface area contributed by atoms with Crippen LogP contribution >= 0.6 is 0 Å². The Labute approximate surface area is 96.2 Å². The van der Waals surface area contributed by atoms with E-state index in [1.807, 2.05) is 27.7 Å². The lowest BCUT2D eigenvalue weighted by atomic mass is 9.93. The average Bonchev–Trinajstić information content (AvgIpc) is 2.79. The molecular formula is C13H19NO2. The number of Topliss-reactive ketones (excluding diaryl/α,β-unsaturated/α-hetero) is 1. The number of carbonyl (C=O) groups excluding carboxylic acids is 1. The molecule has 0 spiro atoms. The molecule has 1 saturated heterocycles. The molecule has 2 heterocycles. The summed E-state index contributed by atoms with van der Waals surface area (Å²) in [5.41, 5.74) is 3.40. The highest BCUT2D eigenvalue weighted by Crippen LogP contribution is 2.30. The van der Waals surface area contributed by atoms with Crippen molar-refractivity contribution in [3.8, 4) is 0 Å². The minimum absolute atomic E-state index is 0.0960. The van der Waals surface area contributed by atoms with Crippen LogP contribution in [0.2, 0.25) is 0 Å². The van der Waals surface area contributed by atoms with Crippen molar-refractivity contribution < 1.29 is 9.53 Å². The van der Waals surface area contributed by atoms with Gasteiger partial charge in [0.15, 0.2) is 0 Å². The van der Waals surface area contributed by atoms with E-state index in [-0.39, 0.29) is 5.78 Å². The molecule has 0 amide bonds. The van der Waals surface area contributed by atoms with Crippen LogP contribution in [-0.4, -0.2) is 23.0 Å². The average molecular weight is 221 g/mol. The maximum Gasteiger partial charge on any atom is 0.210 e. The van der Waals surface area contributed by atoms with Crippen molar-refractivity contribution in [3.05, 3.63) is 22.5 Å². The Bertz CT molecular complexity index is 425. The van der Waals surface area contributed by atoms with Crippen molar-refractivity contribution in [2.45, 2.75) is 46.1 Å². The van der Waals surface area contributed by atoms with Gasteiger partial charge in [-0.25, -0.2) is 0 Å². The van der Waals surface area contributed by atoms with Crippen LogP contribution in [0.3, 0.4) is 0 Å². The highest BCUT2D eigenvalue weighted by molar-refractivity contribution is 6.02. The Morgan fingerprint density at radius 2 is 2.00 bits per heavy atom. The third-order valence-electron chi connectivity index (χ3n) is 3.74. The Kier molecular flexibility index (Phi) is 2.66. The number of rotatable bonds is 2. The van der Waals surface area contributed by atoms with Crippen LogP contribution < -0.4 is 0 Å². The molecule has 1 aromatic heterocycles. The van der Waals surface area contributed by atoms with Gasteiger partial charge in [-0.15, -0.1) is 0 Å². The van der Waals surface area contributed by atoms with Crippen LogP contribution in [0, 0.1) is 20.8 Å². The zero-order valence-corrected chi connectivity index (χ0v) is 10.4. The summed E-state index contributed by atoms with van der Waals surface area (Å²) in [4.78, 5) is 15.6. The van der Waals surface area contributed by atoms with E-state index in [9.17, 15) is 4.79 Å². The second-order valence-corrected chi connectivity index (χ2v) is 4.89. The number of aromatic amines is 1. The molecule has 1 aliphatic heterocycles. The van der Waals surface area contributed by atoms with E-state index >= 15 is 0 Å². The van der Waals surface area contributed by atoms with Crippen LogP contribution in [0.15, 0.2) is 0 Å². The number of ether oxygens (including phenoxy) is 1. The first-order valence-corrected chi connectivity index (χ1v) is 5.80. The summed E-state index contributed by atoms with van der Waals surface area (Å²) in [6.45, 7) is 8.62. The molecule has 0 aromatic carbocycles. The van der Waals surface area contributed by atoms with E-state index in [0.717, 1.165) is 29.8 Å². The molecule has 0 bridgehead atoms. The first-order valence-electron chi connectivity index (χ1n) is 5.80. The van der Waals surface area contributed by atoms with Crippen molar-refractivity contribution in [2.24, 2.45) is 0 Å². The zero-order chi connectivity index (χ0) is 11.9. The molecule has 1 N–H and O–H groups in total. The molecule has 1 aliphatic rings. The minimum atomic E-state index is -0.617. The van der Waals surface area contributed by atoms with Gasteiger partial charge in [-0.2, -0.15) is 0 Å². The lowest BCUT2D eigenvalue weighted by Gasteiger charge is -2.21. The summed E-state index contributed by atoms with van der Waals surface area (Å²) in [6, 6.07) is 0.